The summed E-state index contributed by atoms with van der Waals surface area (Å²) in [5, 5.41) is 14.0. The fraction of sp³-hybridized carbons (Fsp3) is 0.500. The van der Waals surface area contributed by atoms with Crippen LogP contribution in [0, 0.1) is 15.9 Å². The number of nitro benzene ring substituents is 1. The molecule has 2 rings (SSSR count). The van der Waals surface area contributed by atoms with Gasteiger partial charge < -0.3 is 5.32 Å². The van der Waals surface area contributed by atoms with Crippen molar-refractivity contribution in [1.29, 1.82) is 0 Å². The van der Waals surface area contributed by atoms with Gasteiger partial charge in [-0.2, -0.15) is 4.39 Å². The third kappa shape index (κ3) is 4.28. The van der Waals surface area contributed by atoms with E-state index in [0.29, 0.717) is 0 Å². The fourth-order valence-corrected chi connectivity index (χ4v) is 2.21. The van der Waals surface area contributed by atoms with Crippen LogP contribution >= 0.6 is 24.8 Å². The summed E-state index contributed by atoms with van der Waals surface area (Å²) in [5.74, 6) is -0.781. The lowest BCUT2D eigenvalue weighted by atomic mass is 10.1. The average Bonchev–Trinajstić information content (AvgIpc) is 2.39. The van der Waals surface area contributed by atoms with Gasteiger partial charge in [-0.05, 0) is 18.6 Å². The lowest BCUT2D eigenvalue weighted by Gasteiger charge is -2.32. The first-order valence-electron chi connectivity index (χ1n) is 5.98. The van der Waals surface area contributed by atoms with Gasteiger partial charge in [0.1, 0.15) is 0 Å². The van der Waals surface area contributed by atoms with Crippen LogP contribution < -0.4 is 5.32 Å². The SMILES string of the molecule is C[C@@H](c1ccc(F)c([N+](=O)[O-])c1)N1CCNCC1.Cl.Cl. The Hall–Kier alpha value is -0.950. The first-order chi connectivity index (χ1) is 8.59. The van der Waals surface area contributed by atoms with Crippen LogP contribution in [0.25, 0.3) is 0 Å². The van der Waals surface area contributed by atoms with Crippen LogP contribution in [0.1, 0.15) is 18.5 Å². The molecule has 1 saturated heterocycles. The fourth-order valence-electron chi connectivity index (χ4n) is 2.21. The van der Waals surface area contributed by atoms with Crippen LogP contribution in [0.2, 0.25) is 0 Å². The largest absolute Gasteiger partial charge is 0.314 e. The lowest BCUT2D eigenvalue weighted by Crippen LogP contribution is -2.44. The van der Waals surface area contributed by atoms with Crippen molar-refractivity contribution >= 4 is 30.5 Å². The van der Waals surface area contributed by atoms with E-state index >= 15 is 0 Å². The Bertz CT molecular complexity index is 456. The van der Waals surface area contributed by atoms with Crippen molar-refractivity contribution in [2.75, 3.05) is 26.2 Å². The summed E-state index contributed by atoms with van der Waals surface area (Å²) < 4.78 is 13.3. The Morgan fingerprint density at radius 2 is 1.95 bits per heavy atom. The highest BCUT2D eigenvalue weighted by atomic mass is 35.5. The first-order valence-corrected chi connectivity index (χ1v) is 5.98. The summed E-state index contributed by atoms with van der Waals surface area (Å²) in [4.78, 5) is 12.3. The number of halogens is 3. The van der Waals surface area contributed by atoms with E-state index in [1.807, 2.05) is 6.92 Å². The van der Waals surface area contributed by atoms with Gasteiger partial charge in [0.2, 0.25) is 5.82 Å². The molecule has 114 valence electrons. The standard InChI is InChI=1S/C12H16FN3O2.2ClH/c1-9(15-6-4-14-5-7-15)10-2-3-11(13)12(8-10)16(17)18;;/h2-3,8-9,14H,4-7H2,1H3;2*1H/t9-;;/m0../s1. The van der Waals surface area contributed by atoms with Crippen LogP contribution in [0.3, 0.4) is 0 Å². The van der Waals surface area contributed by atoms with Gasteiger partial charge in [-0.1, -0.05) is 6.07 Å². The molecule has 1 fully saturated rings. The zero-order chi connectivity index (χ0) is 13.1. The second-order valence-corrected chi connectivity index (χ2v) is 4.43. The van der Waals surface area contributed by atoms with Crippen LogP contribution in [-0.2, 0) is 0 Å². The van der Waals surface area contributed by atoms with E-state index in [-0.39, 0.29) is 30.9 Å². The number of nitrogens with zero attached hydrogens (tertiary/aromatic N) is 2. The molecular weight excluding hydrogens is 308 g/mol. The molecule has 0 bridgehead atoms. The lowest BCUT2D eigenvalue weighted by molar-refractivity contribution is -0.387. The second-order valence-electron chi connectivity index (χ2n) is 4.43. The van der Waals surface area contributed by atoms with E-state index in [4.69, 9.17) is 0 Å². The number of hydrogen-bond donors (Lipinski definition) is 1. The first kappa shape index (κ1) is 19.1. The number of hydrogen-bond acceptors (Lipinski definition) is 4. The normalized spacial score (nSPS) is 16.7. The summed E-state index contributed by atoms with van der Waals surface area (Å²) in [6.07, 6.45) is 0. The molecule has 0 aromatic heterocycles. The van der Waals surface area contributed by atoms with E-state index in [1.54, 1.807) is 6.07 Å². The Labute approximate surface area is 129 Å². The van der Waals surface area contributed by atoms with Gasteiger partial charge >= 0.3 is 5.69 Å². The van der Waals surface area contributed by atoms with E-state index in [0.717, 1.165) is 31.7 Å². The van der Waals surface area contributed by atoms with E-state index < -0.39 is 16.4 Å². The summed E-state index contributed by atoms with van der Waals surface area (Å²) in [5.41, 5.74) is 0.333. The molecular formula is C12H18Cl2FN3O2. The Morgan fingerprint density at radius 1 is 1.35 bits per heavy atom. The number of piperazine rings is 1. The van der Waals surface area contributed by atoms with Gasteiger partial charge in [0.05, 0.1) is 4.92 Å². The smallest absolute Gasteiger partial charge is 0.305 e. The molecule has 20 heavy (non-hydrogen) atoms. The number of nitrogens with one attached hydrogen (secondary N) is 1. The minimum absolute atomic E-state index is 0. The van der Waals surface area contributed by atoms with Crippen molar-refractivity contribution < 1.29 is 9.31 Å². The van der Waals surface area contributed by atoms with Crippen molar-refractivity contribution in [3.05, 3.63) is 39.7 Å². The molecule has 0 aliphatic carbocycles. The molecule has 0 saturated carbocycles. The zero-order valence-corrected chi connectivity index (χ0v) is 12.7. The number of benzene rings is 1. The highest BCUT2D eigenvalue weighted by molar-refractivity contribution is 5.85. The maximum Gasteiger partial charge on any atom is 0.305 e. The van der Waals surface area contributed by atoms with Gasteiger partial charge in [-0.15, -0.1) is 24.8 Å². The molecule has 1 aromatic carbocycles. The van der Waals surface area contributed by atoms with Crippen LogP contribution in [0.4, 0.5) is 10.1 Å². The van der Waals surface area contributed by atoms with Crippen molar-refractivity contribution in [2.24, 2.45) is 0 Å². The molecule has 1 atom stereocenters. The van der Waals surface area contributed by atoms with Crippen molar-refractivity contribution in [1.82, 2.24) is 10.2 Å². The van der Waals surface area contributed by atoms with Gasteiger partial charge in [0.15, 0.2) is 0 Å². The zero-order valence-electron chi connectivity index (χ0n) is 11.0. The summed E-state index contributed by atoms with van der Waals surface area (Å²) >= 11 is 0. The summed E-state index contributed by atoms with van der Waals surface area (Å²) in [6.45, 7) is 5.60. The Kier molecular flexibility index (Phi) is 7.96. The third-order valence-corrected chi connectivity index (χ3v) is 3.35. The van der Waals surface area contributed by atoms with Gasteiger partial charge in [0.25, 0.3) is 0 Å². The molecule has 1 N–H and O–H groups in total. The summed E-state index contributed by atoms with van der Waals surface area (Å²) in [7, 11) is 0. The quantitative estimate of drug-likeness (QED) is 0.685. The molecule has 1 aliphatic heterocycles. The third-order valence-electron chi connectivity index (χ3n) is 3.35. The topological polar surface area (TPSA) is 58.4 Å². The summed E-state index contributed by atoms with van der Waals surface area (Å²) in [6, 6.07) is 4.19. The molecule has 5 nitrogen and oxygen atoms in total. The molecule has 0 radical (unpaired) electrons. The Balaban J connectivity index is 0.00000180. The van der Waals surface area contributed by atoms with Gasteiger partial charge in [0, 0.05) is 38.3 Å². The minimum Gasteiger partial charge on any atom is -0.314 e. The highest BCUT2D eigenvalue weighted by Gasteiger charge is 2.21. The Morgan fingerprint density at radius 3 is 2.50 bits per heavy atom. The van der Waals surface area contributed by atoms with Crippen LogP contribution in [0.15, 0.2) is 18.2 Å². The average molecular weight is 326 g/mol. The highest BCUT2D eigenvalue weighted by Crippen LogP contribution is 2.26. The van der Waals surface area contributed by atoms with E-state index in [2.05, 4.69) is 10.2 Å². The van der Waals surface area contributed by atoms with Crippen LogP contribution in [0.5, 0.6) is 0 Å². The molecule has 0 spiro atoms. The molecule has 0 unspecified atom stereocenters. The van der Waals surface area contributed by atoms with Crippen molar-refractivity contribution in [2.45, 2.75) is 13.0 Å². The van der Waals surface area contributed by atoms with E-state index in [1.165, 1.54) is 12.1 Å². The molecule has 1 heterocycles. The maximum atomic E-state index is 13.3. The monoisotopic (exact) mass is 325 g/mol. The maximum absolute atomic E-state index is 13.3. The van der Waals surface area contributed by atoms with Gasteiger partial charge in [-0.25, -0.2) is 0 Å². The molecule has 0 amide bonds. The second kappa shape index (κ2) is 8.36. The van der Waals surface area contributed by atoms with E-state index in [9.17, 15) is 14.5 Å². The predicted octanol–water partition coefficient (Wildman–Crippen LogP) is 2.54. The van der Waals surface area contributed by atoms with Gasteiger partial charge in [-0.3, -0.25) is 15.0 Å². The van der Waals surface area contributed by atoms with Crippen molar-refractivity contribution in [3.63, 3.8) is 0 Å². The number of nitro groups is 1. The number of rotatable bonds is 3. The molecule has 8 heteroatoms. The minimum atomic E-state index is -0.781. The van der Waals surface area contributed by atoms with Crippen LogP contribution in [-0.4, -0.2) is 36.0 Å². The molecule has 1 aromatic rings. The predicted molar refractivity (Wildman–Crippen MR) is 80.4 cm³/mol. The van der Waals surface area contributed by atoms with Crippen molar-refractivity contribution in [3.8, 4) is 0 Å². The molecule has 1 aliphatic rings.